The molecular formula is C10H9BrFN3. The second-order valence-electron chi connectivity index (χ2n) is 3.13. The van der Waals surface area contributed by atoms with E-state index in [2.05, 4.69) is 20.9 Å². The highest BCUT2D eigenvalue weighted by Gasteiger charge is 2.14. The van der Waals surface area contributed by atoms with E-state index in [1.807, 2.05) is 4.90 Å². The second-order valence-corrected chi connectivity index (χ2v) is 3.95. The van der Waals surface area contributed by atoms with Gasteiger partial charge in [-0.25, -0.2) is 9.38 Å². The van der Waals surface area contributed by atoms with E-state index in [-0.39, 0.29) is 5.82 Å². The highest BCUT2D eigenvalue weighted by molar-refractivity contribution is 9.11. The van der Waals surface area contributed by atoms with Crippen molar-refractivity contribution in [2.45, 2.75) is 0 Å². The van der Waals surface area contributed by atoms with Gasteiger partial charge in [-0.2, -0.15) is 0 Å². The maximum atomic E-state index is 12.7. The van der Waals surface area contributed by atoms with E-state index >= 15 is 0 Å². The number of nitrogens with zero attached hydrogens (tertiary/aromatic N) is 2. The lowest BCUT2D eigenvalue weighted by molar-refractivity contribution is 0.628. The average molecular weight is 270 g/mol. The van der Waals surface area contributed by atoms with E-state index in [0.717, 1.165) is 10.3 Å². The topological polar surface area (TPSA) is 41.6 Å². The Bertz CT molecular complexity index is 425. The number of hydrogen-bond donors (Lipinski definition) is 1. The lowest BCUT2D eigenvalue weighted by Crippen LogP contribution is -2.34. The predicted octanol–water partition coefficient (Wildman–Crippen LogP) is 2.20. The Morgan fingerprint density at radius 2 is 2.00 bits per heavy atom. The fourth-order valence-electron chi connectivity index (χ4n) is 1.32. The molecule has 1 aromatic rings. The number of benzene rings is 1. The minimum atomic E-state index is -0.252. The fourth-order valence-corrected chi connectivity index (χ4v) is 1.75. The first-order valence-corrected chi connectivity index (χ1v) is 5.17. The lowest BCUT2D eigenvalue weighted by atomic mass is 10.2. The van der Waals surface area contributed by atoms with Gasteiger partial charge in [0.1, 0.15) is 16.3 Å². The second kappa shape index (κ2) is 4.02. The van der Waals surface area contributed by atoms with Gasteiger partial charge in [0.2, 0.25) is 0 Å². The summed E-state index contributed by atoms with van der Waals surface area (Å²) in [5.74, 6) is 0.278. The first-order chi connectivity index (χ1) is 7.16. The third kappa shape index (κ3) is 2.18. The van der Waals surface area contributed by atoms with Gasteiger partial charge in [0.15, 0.2) is 0 Å². The van der Waals surface area contributed by atoms with Crippen molar-refractivity contribution in [2.75, 3.05) is 11.4 Å². The van der Waals surface area contributed by atoms with Crippen molar-refractivity contribution in [1.29, 1.82) is 0 Å². The van der Waals surface area contributed by atoms with Gasteiger partial charge in [-0.1, -0.05) is 0 Å². The highest BCUT2D eigenvalue weighted by atomic mass is 79.9. The van der Waals surface area contributed by atoms with Gasteiger partial charge in [-0.15, -0.1) is 0 Å². The molecule has 0 saturated heterocycles. The Balaban J connectivity index is 2.29. The van der Waals surface area contributed by atoms with Crippen LogP contribution < -0.4 is 10.6 Å². The van der Waals surface area contributed by atoms with Crippen molar-refractivity contribution in [2.24, 2.45) is 10.7 Å². The number of aliphatic imine (C=N–C) groups is 1. The average Bonchev–Trinajstić information content (AvgIpc) is 2.23. The standard InChI is InChI=1S/C10H9BrFN3/c11-9-5-14-10(13)6-15(9)8-3-1-7(12)2-4-8/h1-5H,6H2,(H2,13,14). The van der Waals surface area contributed by atoms with Gasteiger partial charge >= 0.3 is 0 Å². The zero-order chi connectivity index (χ0) is 10.8. The zero-order valence-corrected chi connectivity index (χ0v) is 9.41. The summed E-state index contributed by atoms with van der Waals surface area (Å²) in [6.07, 6.45) is 1.63. The van der Waals surface area contributed by atoms with E-state index in [1.165, 1.54) is 12.1 Å². The van der Waals surface area contributed by atoms with Crippen molar-refractivity contribution in [1.82, 2.24) is 0 Å². The predicted molar refractivity (Wildman–Crippen MR) is 62.4 cm³/mol. The van der Waals surface area contributed by atoms with Gasteiger partial charge in [0, 0.05) is 5.69 Å². The van der Waals surface area contributed by atoms with Crippen LogP contribution in [0.3, 0.4) is 0 Å². The molecule has 2 N–H and O–H groups in total. The number of hydrogen-bond acceptors (Lipinski definition) is 3. The normalized spacial score (nSPS) is 16.0. The molecule has 0 atom stereocenters. The van der Waals surface area contributed by atoms with Crippen LogP contribution in [0.5, 0.6) is 0 Å². The molecule has 0 saturated carbocycles. The van der Waals surface area contributed by atoms with Crippen LogP contribution in [-0.2, 0) is 0 Å². The summed E-state index contributed by atoms with van der Waals surface area (Å²) in [5.41, 5.74) is 6.50. The maximum absolute atomic E-state index is 12.7. The van der Waals surface area contributed by atoms with Crippen molar-refractivity contribution < 1.29 is 4.39 Å². The minimum absolute atomic E-state index is 0.252. The Hall–Kier alpha value is -1.36. The molecule has 0 bridgehead atoms. The molecule has 0 aliphatic carbocycles. The van der Waals surface area contributed by atoms with Crippen molar-refractivity contribution in [3.8, 4) is 0 Å². The summed E-state index contributed by atoms with van der Waals surface area (Å²) in [6.45, 7) is 0.503. The minimum Gasteiger partial charge on any atom is -0.386 e. The zero-order valence-electron chi connectivity index (χ0n) is 7.82. The van der Waals surface area contributed by atoms with Crippen LogP contribution in [0.2, 0.25) is 0 Å². The van der Waals surface area contributed by atoms with Crippen LogP contribution in [0.1, 0.15) is 0 Å². The summed E-state index contributed by atoms with van der Waals surface area (Å²) in [4.78, 5) is 5.88. The molecule has 0 fully saturated rings. The smallest absolute Gasteiger partial charge is 0.123 e. The summed E-state index contributed by atoms with van der Waals surface area (Å²) in [7, 11) is 0. The number of halogens is 2. The summed E-state index contributed by atoms with van der Waals surface area (Å²) < 4.78 is 13.5. The summed E-state index contributed by atoms with van der Waals surface area (Å²) in [6, 6.07) is 6.22. The molecule has 1 aliphatic heterocycles. The van der Waals surface area contributed by atoms with Gasteiger partial charge < -0.3 is 10.6 Å². The van der Waals surface area contributed by atoms with Gasteiger partial charge in [-0.05, 0) is 40.2 Å². The van der Waals surface area contributed by atoms with E-state index in [1.54, 1.807) is 18.3 Å². The molecule has 5 heteroatoms. The largest absolute Gasteiger partial charge is 0.386 e. The molecule has 1 aromatic carbocycles. The molecule has 0 amide bonds. The van der Waals surface area contributed by atoms with E-state index in [4.69, 9.17) is 5.73 Å². The van der Waals surface area contributed by atoms with Crippen LogP contribution in [0.15, 0.2) is 40.1 Å². The molecule has 0 spiro atoms. The van der Waals surface area contributed by atoms with Crippen LogP contribution in [0, 0.1) is 5.82 Å². The van der Waals surface area contributed by atoms with Crippen LogP contribution in [-0.4, -0.2) is 12.4 Å². The molecule has 1 aliphatic rings. The van der Waals surface area contributed by atoms with Crippen molar-refractivity contribution >= 4 is 27.5 Å². The Morgan fingerprint density at radius 1 is 1.33 bits per heavy atom. The molecule has 15 heavy (non-hydrogen) atoms. The summed E-state index contributed by atoms with van der Waals surface area (Å²) >= 11 is 3.37. The molecular weight excluding hydrogens is 261 g/mol. The number of anilines is 1. The fraction of sp³-hybridized carbons (Fsp3) is 0.100. The van der Waals surface area contributed by atoms with E-state index in [0.29, 0.717) is 12.4 Å². The third-order valence-corrected chi connectivity index (χ3v) is 2.69. The van der Waals surface area contributed by atoms with Crippen LogP contribution in [0.4, 0.5) is 10.1 Å². The molecule has 1 heterocycles. The molecule has 3 nitrogen and oxygen atoms in total. The third-order valence-electron chi connectivity index (χ3n) is 2.05. The highest BCUT2D eigenvalue weighted by Crippen LogP contribution is 2.24. The molecule has 78 valence electrons. The molecule has 0 radical (unpaired) electrons. The van der Waals surface area contributed by atoms with Crippen molar-refractivity contribution in [3.63, 3.8) is 0 Å². The Morgan fingerprint density at radius 3 is 2.67 bits per heavy atom. The first-order valence-electron chi connectivity index (χ1n) is 4.38. The van der Waals surface area contributed by atoms with Gasteiger partial charge in [0.05, 0.1) is 12.7 Å². The number of nitrogens with two attached hydrogens (primary N) is 1. The van der Waals surface area contributed by atoms with E-state index in [9.17, 15) is 4.39 Å². The summed E-state index contributed by atoms with van der Waals surface area (Å²) in [5, 5.41) is 0. The lowest BCUT2D eigenvalue weighted by Gasteiger charge is -2.25. The molecule has 0 aromatic heterocycles. The van der Waals surface area contributed by atoms with Crippen LogP contribution in [0.25, 0.3) is 0 Å². The number of rotatable bonds is 1. The van der Waals surface area contributed by atoms with Gasteiger partial charge in [0.25, 0.3) is 0 Å². The van der Waals surface area contributed by atoms with E-state index < -0.39 is 0 Å². The first kappa shape index (κ1) is 10.2. The van der Waals surface area contributed by atoms with Crippen LogP contribution >= 0.6 is 15.9 Å². The SMILES string of the molecule is NC1=NC=C(Br)N(c2ccc(F)cc2)C1. The molecule has 2 rings (SSSR count). The van der Waals surface area contributed by atoms with Gasteiger partial charge in [-0.3, -0.25) is 0 Å². The number of amidine groups is 1. The Labute approximate surface area is 95.2 Å². The quantitative estimate of drug-likeness (QED) is 0.795. The Kier molecular flexibility index (Phi) is 2.73. The van der Waals surface area contributed by atoms with Crippen molar-refractivity contribution in [3.05, 3.63) is 40.9 Å². The maximum Gasteiger partial charge on any atom is 0.123 e. The molecule has 0 unspecified atom stereocenters. The monoisotopic (exact) mass is 269 g/mol.